The van der Waals surface area contributed by atoms with Crippen molar-refractivity contribution in [3.05, 3.63) is 27.0 Å². The largest absolute Gasteiger partial charge is 0.348 e. The number of aromatic nitrogens is 1. The number of unbranched alkanes of at least 4 members (excludes halogenated alkanes) is 1. The van der Waals surface area contributed by atoms with Gasteiger partial charge in [0.1, 0.15) is 9.88 Å². The second kappa shape index (κ2) is 8.62. The van der Waals surface area contributed by atoms with Crippen molar-refractivity contribution < 1.29 is 4.79 Å². The van der Waals surface area contributed by atoms with E-state index < -0.39 is 0 Å². The van der Waals surface area contributed by atoms with Gasteiger partial charge in [0.15, 0.2) is 0 Å². The average molecular weight is 398 g/mol. The normalized spacial score (nSPS) is 16.3. The van der Waals surface area contributed by atoms with Crippen LogP contribution in [0.4, 0.5) is 0 Å². The van der Waals surface area contributed by atoms with Crippen LogP contribution in [0.15, 0.2) is 12.1 Å². The molecule has 1 aliphatic rings. The van der Waals surface area contributed by atoms with Crippen LogP contribution in [0.2, 0.25) is 4.34 Å². The monoisotopic (exact) mass is 397 g/mol. The molecule has 0 aromatic carbocycles. The van der Waals surface area contributed by atoms with Gasteiger partial charge in [0, 0.05) is 19.1 Å². The number of halogens is 1. The van der Waals surface area contributed by atoms with E-state index in [9.17, 15) is 4.79 Å². The molecule has 3 rings (SSSR count). The second-order valence-electron chi connectivity index (χ2n) is 6.48. The Bertz CT molecular complexity index is 720. The van der Waals surface area contributed by atoms with Crippen LogP contribution < -0.4 is 5.32 Å². The predicted molar refractivity (Wildman–Crippen MR) is 107 cm³/mol. The van der Waals surface area contributed by atoms with Gasteiger partial charge in [-0.15, -0.1) is 22.7 Å². The van der Waals surface area contributed by atoms with E-state index in [4.69, 9.17) is 11.6 Å². The first-order valence-corrected chi connectivity index (χ1v) is 10.8. The number of carbonyl (C=O) groups excluding carboxylic acids is 1. The van der Waals surface area contributed by atoms with Gasteiger partial charge >= 0.3 is 0 Å². The number of aryl methyl sites for hydroxylation is 1. The number of carbonyl (C=O) groups is 1. The first-order valence-electron chi connectivity index (χ1n) is 8.83. The Labute approximate surface area is 162 Å². The van der Waals surface area contributed by atoms with Crippen LogP contribution >= 0.6 is 34.3 Å². The smallest absolute Gasteiger partial charge is 0.263 e. The summed E-state index contributed by atoms with van der Waals surface area (Å²) in [6, 6.07) is 4.09. The molecule has 0 saturated carbocycles. The van der Waals surface area contributed by atoms with Gasteiger partial charge in [-0.25, -0.2) is 4.98 Å². The number of amides is 1. The summed E-state index contributed by atoms with van der Waals surface area (Å²) in [5, 5.41) is 4.07. The molecule has 2 aromatic heterocycles. The lowest BCUT2D eigenvalue weighted by Crippen LogP contribution is -2.44. The fraction of sp³-hybridized carbons (Fsp3) is 0.556. The minimum atomic E-state index is 0.0101. The fourth-order valence-corrected chi connectivity index (χ4v) is 5.14. The van der Waals surface area contributed by atoms with Crippen LogP contribution in [-0.2, 0) is 0 Å². The quantitative estimate of drug-likeness (QED) is 0.759. The van der Waals surface area contributed by atoms with Crippen molar-refractivity contribution in [1.82, 2.24) is 15.2 Å². The van der Waals surface area contributed by atoms with Crippen LogP contribution in [0.3, 0.4) is 0 Å². The summed E-state index contributed by atoms with van der Waals surface area (Å²) >= 11 is 8.95. The third kappa shape index (κ3) is 4.82. The van der Waals surface area contributed by atoms with E-state index in [1.807, 2.05) is 19.1 Å². The number of likely N-dealkylation sites (tertiary alicyclic amines) is 1. The van der Waals surface area contributed by atoms with Crippen LogP contribution in [-0.4, -0.2) is 41.5 Å². The van der Waals surface area contributed by atoms with E-state index in [2.05, 4.69) is 22.1 Å². The number of thiazole rings is 1. The summed E-state index contributed by atoms with van der Waals surface area (Å²) < 4.78 is 0.740. The van der Waals surface area contributed by atoms with E-state index in [0.29, 0.717) is 4.88 Å². The molecule has 1 saturated heterocycles. The molecule has 0 unspecified atom stereocenters. The van der Waals surface area contributed by atoms with Gasteiger partial charge in [0.25, 0.3) is 5.91 Å². The molecular weight excluding hydrogens is 374 g/mol. The molecule has 3 heterocycles. The van der Waals surface area contributed by atoms with E-state index in [0.717, 1.165) is 45.8 Å². The Balaban J connectivity index is 1.58. The molecule has 1 amide bonds. The number of piperidine rings is 1. The molecular formula is C18H24ClN3OS2. The van der Waals surface area contributed by atoms with Crippen molar-refractivity contribution in [2.45, 2.75) is 45.6 Å². The third-order valence-electron chi connectivity index (χ3n) is 4.54. The molecule has 1 N–H and O–H groups in total. The molecule has 2 aromatic rings. The molecule has 4 nitrogen and oxygen atoms in total. The van der Waals surface area contributed by atoms with Crippen molar-refractivity contribution in [1.29, 1.82) is 0 Å². The van der Waals surface area contributed by atoms with E-state index >= 15 is 0 Å². The van der Waals surface area contributed by atoms with Crippen LogP contribution in [0.25, 0.3) is 9.88 Å². The molecule has 0 atom stereocenters. The topological polar surface area (TPSA) is 45.2 Å². The highest BCUT2D eigenvalue weighted by atomic mass is 35.5. The Morgan fingerprint density at radius 2 is 2.12 bits per heavy atom. The summed E-state index contributed by atoms with van der Waals surface area (Å²) in [6.45, 7) is 7.45. The van der Waals surface area contributed by atoms with Gasteiger partial charge in [-0.3, -0.25) is 4.79 Å². The molecule has 0 aliphatic carbocycles. The zero-order chi connectivity index (χ0) is 17.8. The van der Waals surface area contributed by atoms with Gasteiger partial charge in [-0.2, -0.15) is 0 Å². The van der Waals surface area contributed by atoms with E-state index in [1.54, 1.807) is 0 Å². The number of hydrogen-bond donors (Lipinski definition) is 1. The zero-order valence-corrected chi connectivity index (χ0v) is 17.1. The molecule has 0 radical (unpaired) electrons. The fourth-order valence-electron chi connectivity index (χ4n) is 3.08. The summed E-state index contributed by atoms with van der Waals surface area (Å²) in [4.78, 5) is 21.4. The number of nitrogens with zero attached hydrogens (tertiary/aromatic N) is 2. The van der Waals surface area contributed by atoms with Crippen LogP contribution in [0.5, 0.6) is 0 Å². The standard InChI is InChI=1S/C18H24ClN3OS2/c1-3-4-9-22-10-7-13(8-11-22)21-17(23)16-12(2)20-18(25-16)14-5-6-15(19)24-14/h5-6,13H,3-4,7-11H2,1-2H3,(H,21,23). The summed E-state index contributed by atoms with van der Waals surface area (Å²) in [5.74, 6) is 0.0101. The van der Waals surface area contributed by atoms with Gasteiger partial charge in [0.05, 0.1) is 14.9 Å². The Kier molecular flexibility index (Phi) is 6.49. The van der Waals surface area contributed by atoms with Gasteiger partial charge in [-0.1, -0.05) is 24.9 Å². The first kappa shape index (κ1) is 18.8. The Hall–Kier alpha value is -0.950. The van der Waals surface area contributed by atoms with Gasteiger partial charge in [-0.05, 0) is 44.9 Å². The average Bonchev–Trinajstić information content (AvgIpc) is 3.20. The van der Waals surface area contributed by atoms with Crippen LogP contribution in [0, 0.1) is 6.92 Å². The highest BCUT2D eigenvalue weighted by Crippen LogP contribution is 2.35. The summed E-state index contributed by atoms with van der Waals surface area (Å²) in [7, 11) is 0. The zero-order valence-electron chi connectivity index (χ0n) is 14.7. The van der Waals surface area contributed by atoms with E-state index in [1.165, 1.54) is 42.1 Å². The molecule has 7 heteroatoms. The van der Waals surface area contributed by atoms with Crippen molar-refractivity contribution in [2.24, 2.45) is 0 Å². The maximum Gasteiger partial charge on any atom is 0.263 e. The summed E-state index contributed by atoms with van der Waals surface area (Å²) in [5.41, 5.74) is 0.794. The van der Waals surface area contributed by atoms with Crippen molar-refractivity contribution in [2.75, 3.05) is 19.6 Å². The second-order valence-corrected chi connectivity index (χ2v) is 9.19. The number of rotatable bonds is 6. The molecule has 136 valence electrons. The first-order chi connectivity index (χ1) is 12.1. The van der Waals surface area contributed by atoms with E-state index in [-0.39, 0.29) is 11.9 Å². The number of thiophene rings is 1. The highest BCUT2D eigenvalue weighted by molar-refractivity contribution is 7.24. The number of hydrogen-bond acceptors (Lipinski definition) is 5. The van der Waals surface area contributed by atoms with Gasteiger partial charge < -0.3 is 10.2 Å². The predicted octanol–water partition coefficient (Wildman–Crippen LogP) is 4.83. The minimum Gasteiger partial charge on any atom is -0.348 e. The maximum atomic E-state index is 12.7. The Morgan fingerprint density at radius 3 is 2.76 bits per heavy atom. The van der Waals surface area contributed by atoms with Crippen LogP contribution in [0.1, 0.15) is 48.0 Å². The highest BCUT2D eigenvalue weighted by Gasteiger charge is 2.23. The lowest BCUT2D eigenvalue weighted by atomic mass is 10.0. The molecule has 1 aliphatic heterocycles. The molecule has 25 heavy (non-hydrogen) atoms. The lowest BCUT2D eigenvalue weighted by Gasteiger charge is -2.32. The Morgan fingerprint density at radius 1 is 1.36 bits per heavy atom. The maximum absolute atomic E-state index is 12.7. The SMILES string of the molecule is CCCCN1CCC(NC(=O)c2sc(-c3ccc(Cl)s3)nc2C)CC1. The summed E-state index contributed by atoms with van der Waals surface area (Å²) in [6.07, 6.45) is 4.55. The van der Waals surface area contributed by atoms with Gasteiger partial charge in [0.2, 0.25) is 0 Å². The van der Waals surface area contributed by atoms with Crippen molar-refractivity contribution in [3.8, 4) is 9.88 Å². The number of nitrogens with one attached hydrogen (secondary N) is 1. The van der Waals surface area contributed by atoms with Crippen molar-refractivity contribution >= 4 is 40.2 Å². The molecule has 0 bridgehead atoms. The lowest BCUT2D eigenvalue weighted by molar-refractivity contribution is 0.0914. The third-order valence-corrected chi connectivity index (χ3v) is 7.09. The van der Waals surface area contributed by atoms with Crippen molar-refractivity contribution in [3.63, 3.8) is 0 Å². The minimum absolute atomic E-state index is 0.0101. The molecule has 1 fully saturated rings. The molecule has 0 spiro atoms.